The van der Waals surface area contributed by atoms with Gasteiger partial charge in [-0.1, -0.05) is 0 Å². The number of aromatic nitrogens is 2. The van der Waals surface area contributed by atoms with E-state index in [4.69, 9.17) is 9.31 Å². The molecule has 1 fully saturated rings. The van der Waals surface area contributed by atoms with Crippen LogP contribution in [0, 0.1) is 6.92 Å². The molecule has 1 N–H and O–H groups in total. The zero-order valence-corrected chi connectivity index (χ0v) is 13.4. The number of hydrogen-bond acceptors (Lipinski definition) is 4. The van der Waals surface area contributed by atoms with E-state index in [9.17, 15) is 9.90 Å². The summed E-state index contributed by atoms with van der Waals surface area (Å²) in [4.78, 5) is 15.6. The van der Waals surface area contributed by atoms with E-state index < -0.39 is 24.4 Å². The molecule has 0 aliphatic carbocycles. The smallest absolute Gasteiger partial charge is 0.464 e. The minimum atomic E-state index is -1.04. The van der Waals surface area contributed by atoms with Gasteiger partial charge < -0.3 is 14.4 Å². The molecule has 0 aromatic carbocycles. The number of pyridine rings is 1. The van der Waals surface area contributed by atoms with Crippen molar-refractivity contribution in [2.75, 3.05) is 0 Å². The van der Waals surface area contributed by atoms with E-state index in [2.05, 4.69) is 4.98 Å². The largest absolute Gasteiger partial charge is 0.497 e. The Hall–Kier alpha value is -1.86. The number of carbonyl (C=O) groups is 1. The zero-order chi connectivity index (χ0) is 16.3. The SMILES string of the molecule is Cc1c(B2OC(C)(C)C(C)(C)O2)c2ccncc2n1C(=O)O. The van der Waals surface area contributed by atoms with Gasteiger partial charge in [-0.25, -0.2) is 9.36 Å². The number of fused-ring (bicyclic) bond motifs is 1. The molecule has 1 aliphatic heterocycles. The molecule has 0 radical (unpaired) electrons. The van der Waals surface area contributed by atoms with Crippen molar-refractivity contribution in [3.8, 4) is 0 Å². The van der Waals surface area contributed by atoms with Crippen molar-refractivity contribution in [2.45, 2.75) is 45.8 Å². The molecule has 0 atom stereocenters. The van der Waals surface area contributed by atoms with Gasteiger partial charge in [0.25, 0.3) is 0 Å². The van der Waals surface area contributed by atoms with Crippen molar-refractivity contribution in [1.82, 2.24) is 9.55 Å². The highest BCUT2D eigenvalue weighted by Crippen LogP contribution is 2.37. The predicted molar refractivity (Wildman–Crippen MR) is 83.6 cm³/mol. The predicted octanol–water partition coefficient (Wildman–Crippen LogP) is 2.17. The first-order chi connectivity index (χ1) is 10.2. The van der Waals surface area contributed by atoms with E-state index in [1.807, 2.05) is 27.7 Å². The van der Waals surface area contributed by atoms with E-state index >= 15 is 0 Å². The fraction of sp³-hybridized carbons (Fsp3) is 0.467. The number of carboxylic acid groups (broad SMARTS) is 1. The second-order valence-electron chi connectivity index (χ2n) is 6.60. The number of hydrogen-bond donors (Lipinski definition) is 1. The molecule has 1 aliphatic rings. The van der Waals surface area contributed by atoms with Crippen LogP contribution in [0.3, 0.4) is 0 Å². The van der Waals surface area contributed by atoms with E-state index in [1.54, 1.807) is 25.4 Å². The van der Waals surface area contributed by atoms with E-state index in [-0.39, 0.29) is 0 Å². The first kappa shape index (κ1) is 15.1. The molecule has 1 saturated heterocycles. The molecular weight excluding hydrogens is 283 g/mol. The third kappa shape index (κ3) is 1.96. The van der Waals surface area contributed by atoms with Crippen LogP contribution in [0.5, 0.6) is 0 Å². The molecule has 0 bridgehead atoms. The van der Waals surface area contributed by atoms with Crippen LogP contribution in [0.2, 0.25) is 0 Å². The van der Waals surface area contributed by atoms with Crippen LogP contribution in [-0.4, -0.2) is 39.1 Å². The van der Waals surface area contributed by atoms with Gasteiger partial charge in [0.2, 0.25) is 0 Å². The topological polar surface area (TPSA) is 73.6 Å². The Bertz CT molecular complexity index is 750. The molecule has 0 saturated carbocycles. The number of nitrogens with zero attached hydrogens (tertiary/aromatic N) is 2. The molecule has 0 amide bonds. The Morgan fingerprint density at radius 3 is 2.41 bits per heavy atom. The minimum Gasteiger partial charge on any atom is -0.464 e. The zero-order valence-electron chi connectivity index (χ0n) is 13.4. The summed E-state index contributed by atoms with van der Waals surface area (Å²) in [5, 5.41) is 10.3. The molecule has 0 spiro atoms. The molecule has 2 aromatic heterocycles. The molecule has 6 nitrogen and oxygen atoms in total. The lowest BCUT2D eigenvalue weighted by atomic mass is 9.77. The van der Waals surface area contributed by atoms with Crippen molar-refractivity contribution >= 4 is 29.6 Å². The summed E-state index contributed by atoms with van der Waals surface area (Å²) >= 11 is 0. The van der Waals surface area contributed by atoms with Crippen molar-refractivity contribution in [2.24, 2.45) is 0 Å². The second kappa shape index (κ2) is 4.57. The fourth-order valence-corrected chi connectivity index (χ4v) is 2.79. The van der Waals surface area contributed by atoms with Gasteiger partial charge in [0.1, 0.15) is 0 Å². The van der Waals surface area contributed by atoms with Gasteiger partial charge in [-0.15, -0.1) is 0 Å². The highest BCUT2D eigenvalue weighted by molar-refractivity contribution is 6.66. The van der Waals surface area contributed by atoms with E-state index in [0.717, 1.165) is 10.8 Å². The van der Waals surface area contributed by atoms with Gasteiger partial charge in [0.05, 0.1) is 22.9 Å². The first-order valence-electron chi connectivity index (χ1n) is 7.19. The Balaban J connectivity index is 2.21. The van der Waals surface area contributed by atoms with Gasteiger partial charge in [-0.3, -0.25) is 4.98 Å². The third-order valence-electron chi connectivity index (χ3n) is 4.74. The molecule has 0 unspecified atom stereocenters. The van der Waals surface area contributed by atoms with Crippen LogP contribution >= 0.6 is 0 Å². The molecule has 22 heavy (non-hydrogen) atoms. The lowest BCUT2D eigenvalue weighted by molar-refractivity contribution is 0.00578. The summed E-state index contributed by atoms with van der Waals surface area (Å²) in [7, 11) is -0.601. The minimum absolute atomic E-state index is 0.477. The number of rotatable bonds is 1. The van der Waals surface area contributed by atoms with Gasteiger partial charge in [0, 0.05) is 22.7 Å². The van der Waals surface area contributed by atoms with Gasteiger partial charge in [0.15, 0.2) is 0 Å². The molecule has 3 heterocycles. The first-order valence-corrected chi connectivity index (χ1v) is 7.19. The summed E-state index contributed by atoms with van der Waals surface area (Å²) < 4.78 is 13.4. The Kier molecular flexibility index (Phi) is 3.13. The average Bonchev–Trinajstić information content (AvgIpc) is 2.79. The maximum absolute atomic E-state index is 11.6. The Labute approximate surface area is 129 Å². The Morgan fingerprint density at radius 1 is 1.27 bits per heavy atom. The van der Waals surface area contributed by atoms with Crippen LogP contribution in [0.25, 0.3) is 10.9 Å². The van der Waals surface area contributed by atoms with E-state index in [0.29, 0.717) is 11.2 Å². The summed E-state index contributed by atoms with van der Waals surface area (Å²) in [5.41, 5.74) is 0.925. The van der Waals surface area contributed by atoms with Crippen molar-refractivity contribution in [1.29, 1.82) is 0 Å². The van der Waals surface area contributed by atoms with Crippen LogP contribution < -0.4 is 5.46 Å². The summed E-state index contributed by atoms with van der Waals surface area (Å²) in [6.07, 6.45) is 2.15. The second-order valence-corrected chi connectivity index (χ2v) is 6.60. The molecule has 116 valence electrons. The van der Waals surface area contributed by atoms with Crippen LogP contribution in [0.15, 0.2) is 18.5 Å². The normalized spacial score (nSPS) is 19.8. The van der Waals surface area contributed by atoms with Gasteiger partial charge in [-0.2, -0.15) is 0 Å². The summed E-state index contributed by atoms with van der Waals surface area (Å²) in [6, 6.07) is 1.79. The molecule has 7 heteroatoms. The van der Waals surface area contributed by atoms with Crippen LogP contribution in [0.4, 0.5) is 4.79 Å². The summed E-state index contributed by atoms with van der Waals surface area (Å²) in [5.74, 6) is 0. The average molecular weight is 302 g/mol. The summed E-state index contributed by atoms with van der Waals surface area (Å²) in [6.45, 7) is 9.65. The standard InChI is InChI=1S/C15H19BN2O4/c1-9-12(16-21-14(2,3)15(4,5)22-16)10-6-7-17-8-11(10)18(9)13(19)20/h6-8H,1-5H3,(H,19,20). The lowest BCUT2D eigenvalue weighted by Crippen LogP contribution is -2.41. The van der Waals surface area contributed by atoms with Gasteiger partial charge in [-0.05, 0) is 40.7 Å². The van der Waals surface area contributed by atoms with Crippen molar-refractivity contribution in [3.63, 3.8) is 0 Å². The highest BCUT2D eigenvalue weighted by atomic mass is 16.7. The quantitative estimate of drug-likeness (QED) is 0.817. The van der Waals surface area contributed by atoms with Crippen molar-refractivity contribution in [3.05, 3.63) is 24.2 Å². The lowest BCUT2D eigenvalue weighted by Gasteiger charge is -2.32. The van der Waals surface area contributed by atoms with E-state index in [1.165, 1.54) is 4.57 Å². The maximum atomic E-state index is 11.6. The molecule has 2 aromatic rings. The maximum Gasteiger partial charge on any atom is 0.497 e. The fourth-order valence-electron chi connectivity index (χ4n) is 2.79. The molecule has 3 rings (SSSR count). The molecular formula is C15H19BN2O4. The Morgan fingerprint density at radius 2 is 1.86 bits per heavy atom. The highest BCUT2D eigenvalue weighted by Gasteiger charge is 2.53. The third-order valence-corrected chi connectivity index (χ3v) is 4.74. The van der Waals surface area contributed by atoms with Gasteiger partial charge >= 0.3 is 13.2 Å². The monoisotopic (exact) mass is 302 g/mol. The van der Waals surface area contributed by atoms with Crippen molar-refractivity contribution < 1.29 is 19.2 Å². The van der Waals surface area contributed by atoms with Crippen LogP contribution in [-0.2, 0) is 9.31 Å². The van der Waals surface area contributed by atoms with Crippen LogP contribution in [0.1, 0.15) is 33.4 Å².